The largest absolute Gasteiger partial charge is 0.454 e. The predicted molar refractivity (Wildman–Crippen MR) is 62.0 cm³/mol. The number of hydrogen-bond donors (Lipinski definition) is 1. The highest BCUT2D eigenvalue weighted by Gasteiger charge is 2.13. The van der Waals surface area contributed by atoms with E-state index in [0.29, 0.717) is 6.42 Å². The van der Waals surface area contributed by atoms with Crippen molar-refractivity contribution >= 4 is 12.4 Å². The van der Waals surface area contributed by atoms with Crippen LogP contribution in [0.15, 0.2) is 18.2 Å². The molecule has 1 aliphatic rings. The van der Waals surface area contributed by atoms with E-state index in [4.69, 9.17) is 13.6 Å². The van der Waals surface area contributed by atoms with E-state index >= 15 is 0 Å². The van der Waals surface area contributed by atoms with E-state index in [1.807, 2.05) is 25.1 Å². The number of hydrogen-bond acceptors (Lipinski definition) is 3. The van der Waals surface area contributed by atoms with Gasteiger partial charge in [0.25, 0.3) is 0 Å². The Morgan fingerprint density at radius 2 is 2.27 bits per heavy atom. The first-order valence-corrected chi connectivity index (χ1v) is 4.60. The fraction of sp³-hybridized carbons (Fsp3) is 0.455. The second-order valence-corrected chi connectivity index (χ2v) is 3.44. The lowest BCUT2D eigenvalue weighted by molar-refractivity contribution is 0.174. The monoisotopic (exact) mass is 233 g/mol. The van der Waals surface area contributed by atoms with Gasteiger partial charge in [-0.3, -0.25) is 0 Å². The lowest BCUT2D eigenvalue weighted by Gasteiger charge is -2.09. The summed E-state index contributed by atoms with van der Waals surface area (Å²) in [6.07, 6.45) is 0.634. The Bertz CT molecular complexity index is 412. The van der Waals surface area contributed by atoms with Crippen LogP contribution >= 0.6 is 12.4 Å². The molecule has 0 aliphatic carbocycles. The van der Waals surface area contributed by atoms with Crippen molar-refractivity contribution < 1.29 is 13.6 Å². The van der Waals surface area contributed by atoms with Crippen LogP contribution in [0.3, 0.4) is 0 Å². The van der Waals surface area contributed by atoms with Crippen molar-refractivity contribution in [1.29, 1.82) is 0 Å². The first-order valence-electron chi connectivity index (χ1n) is 6.10. The molecule has 1 unspecified atom stereocenters. The highest BCUT2D eigenvalue weighted by molar-refractivity contribution is 5.85. The SMILES string of the molecule is Cl.[2H][13C]([2H])([2H])NC(C)Cc1ccc2c(c1)OCO2. The number of benzene rings is 1. The molecule has 0 spiro atoms. The molecule has 1 aromatic carbocycles. The summed E-state index contributed by atoms with van der Waals surface area (Å²) in [4.78, 5) is 0. The van der Waals surface area contributed by atoms with Gasteiger partial charge in [0.15, 0.2) is 11.5 Å². The molecule has 15 heavy (non-hydrogen) atoms. The van der Waals surface area contributed by atoms with Crippen molar-refractivity contribution in [3.63, 3.8) is 0 Å². The van der Waals surface area contributed by atoms with Gasteiger partial charge < -0.3 is 14.8 Å². The van der Waals surface area contributed by atoms with Crippen molar-refractivity contribution in [3.05, 3.63) is 23.8 Å². The minimum absolute atomic E-state index is 0. The van der Waals surface area contributed by atoms with E-state index in [9.17, 15) is 0 Å². The molecular formula is C11H16ClNO2. The van der Waals surface area contributed by atoms with Crippen LogP contribution < -0.4 is 14.8 Å². The van der Waals surface area contributed by atoms with Crippen molar-refractivity contribution in [1.82, 2.24) is 5.32 Å². The highest BCUT2D eigenvalue weighted by Crippen LogP contribution is 2.32. The summed E-state index contributed by atoms with van der Waals surface area (Å²) in [5.74, 6) is 1.47. The van der Waals surface area contributed by atoms with E-state index in [-0.39, 0.29) is 25.2 Å². The smallest absolute Gasteiger partial charge is 0.231 e. The molecule has 1 N–H and O–H groups in total. The zero-order valence-corrected chi connectivity index (χ0v) is 9.26. The fourth-order valence-electron chi connectivity index (χ4n) is 1.47. The molecule has 1 aromatic rings. The molecule has 0 fully saturated rings. The van der Waals surface area contributed by atoms with E-state index in [1.165, 1.54) is 0 Å². The number of nitrogens with one attached hydrogen (secondary N) is 1. The van der Waals surface area contributed by atoms with Crippen LogP contribution in [0.2, 0.25) is 0 Å². The van der Waals surface area contributed by atoms with Gasteiger partial charge in [0.05, 0.1) is 0 Å². The maximum absolute atomic E-state index is 7.13. The Morgan fingerprint density at radius 3 is 3.07 bits per heavy atom. The van der Waals surface area contributed by atoms with Crippen LogP contribution in [-0.4, -0.2) is 19.8 Å². The average molecular weight is 234 g/mol. The molecule has 2 rings (SSSR count). The minimum Gasteiger partial charge on any atom is -0.454 e. The Labute approximate surface area is 100 Å². The zero-order chi connectivity index (χ0) is 12.5. The summed E-state index contributed by atoms with van der Waals surface area (Å²) in [7, 11) is 0. The Morgan fingerprint density at radius 1 is 1.47 bits per heavy atom. The molecule has 4 heteroatoms. The number of ether oxygens (including phenoxy) is 2. The molecule has 1 aliphatic heterocycles. The summed E-state index contributed by atoms with van der Waals surface area (Å²) >= 11 is 0. The normalized spacial score (nSPS) is 18.3. The first-order chi connectivity index (χ1) is 7.94. The molecule has 0 saturated carbocycles. The van der Waals surface area contributed by atoms with Gasteiger partial charge in [0.1, 0.15) is 0 Å². The molecular weight excluding hydrogens is 215 g/mol. The van der Waals surface area contributed by atoms with Crippen LogP contribution in [-0.2, 0) is 6.42 Å². The van der Waals surface area contributed by atoms with Gasteiger partial charge in [0, 0.05) is 10.2 Å². The van der Waals surface area contributed by atoms with Gasteiger partial charge in [-0.05, 0) is 38.0 Å². The van der Waals surface area contributed by atoms with Crippen LogP contribution in [0, 0.1) is 0 Å². The van der Waals surface area contributed by atoms with Crippen LogP contribution in [0.4, 0.5) is 0 Å². The summed E-state index contributed by atoms with van der Waals surface area (Å²) in [5.41, 5.74) is 1.03. The minimum atomic E-state index is -2.10. The number of likely N-dealkylation sites (N-methyl/N-ethyl adjacent to an activating group) is 1. The number of halogens is 1. The van der Waals surface area contributed by atoms with Crippen molar-refractivity contribution in [3.8, 4) is 11.5 Å². The van der Waals surface area contributed by atoms with Crippen molar-refractivity contribution in [2.45, 2.75) is 19.4 Å². The second-order valence-electron chi connectivity index (χ2n) is 3.44. The molecule has 84 valence electrons. The van der Waals surface area contributed by atoms with Crippen molar-refractivity contribution in [2.75, 3.05) is 13.8 Å². The third kappa shape index (κ3) is 2.76. The van der Waals surface area contributed by atoms with Gasteiger partial charge in [-0.2, -0.15) is 0 Å². The Balaban J connectivity index is 0.00000162. The molecule has 0 bridgehead atoms. The molecule has 0 saturated heterocycles. The number of rotatable bonds is 3. The van der Waals surface area contributed by atoms with Crippen molar-refractivity contribution in [2.24, 2.45) is 0 Å². The van der Waals surface area contributed by atoms with E-state index in [2.05, 4.69) is 5.32 Å². The maximum Gasteiger partial charge on any atom is 0.231 e. The third-order valence-electron chi connectivity index (χ3n) is 2.23. The quantitative estimate of drug-likeness (QED) is 0.810. The Hall–Kier alpha value is -0.930. The van der Waals surface area contributed by atoms with Gasteiger partial charge in [0.2, 0.25) is 6.79 Å². The van der Waals surface area contributed by atoms with E-state index < -0.39 is 6.98 Å². The summed E-state index contributed by atoms with van der Waals surface area (Å²) in [6.45, 7) is -0.00539. The molecule has 1 atom stereocenters. The summed E-state index contributed by atoms with van der Waals surface area (Å²) in [5, 5.41) is 2.56. The number of fused-ring (bicyclic) bond motifs is 1. The average Bonchev–Trinajstić information content (AvgIpc) is 2.61. The summed E-state index contributed by atoms with van der Waals surface area (Å²) < 4.78 is 31.9. The Kier molecular flexibility index (Phi) is 2.88. The topological polar surface area (TPSA) is 30.5 Å². The maximum atomic E-state index is 7.13. The van der Waals surface area contributed by atoms with Crippen LogP contribution in [0.25, 0.3) is 0 Å². The molecule has 3 nitrogen and oxygen atoms in total. The zero-order valence-electron chi connectivity index (χ0n) is 11.4. The summed E-state index contributed by atoms with van der Waals surface area (Å²) in [6, 6.07) is 5.54. The standard InChI is InChI=1S/C11H15NO2.ClH/c1-8(12-2)5-9-3-4-10-11(6-9)14-7-13-10;/h3-4,6,8,12H,5,7H2,1-2H3;1H/i2+1D3;. The van der Waals surface area contributed by atoms with E-state index in [1.54, 1.807) is 0 Å². The fourth-order valence-corrected chi connectivity index (χ4v) is 1.47. The molecule has 0 amide bonds. The van der Waals surface area contributed by atoms with Gasteiger partial charge in [-0.25, -0.2) is 0 Å². The highest BCUT2D eigenvalue weighted by atomic mass is 35.5. The second kappa shape index (κ2) is 5.24. The van der Waals surface area contributed by atoms with Crippen LogP contribution in [0.1, 0.15) is 16.6 Å². The van der Waals surface area contributed by atoms with Crippen LogP contribution in [0.5, 0.6) is 11.5 Å². The molecule has 0 aromatic heterocycles. The van der Waals surface area contributed by atoms with E-state index in [0.717, 1.165) is 17.1 Å². The van der Waals surface area contributed by atoms with Gasteiger partial charge in [-0.1, -0.05) is 6.07 Å². The molecule has 1 heterocycles. The van der Waals surface area contributed by atoms with Gasteiger partial charge >= 0.3 is 0 Å². The first kappa shape index (κ1) is 8.25. The lowest BCUT2D eigenvalue weighted by atomic mass is 10.1. The lowest BCUT2D eigenvalue weighted by Crippen LogP contribution is -2.23. The van der Waals surface area contributed by atoms with Gasteiger partial charge in [-0.15, -0.1) is 12.4 Å². The molecule has 0 radical (unpaired) electrons. The third-order valence-corrected chi connectivity index (χ3v) is 2.23. The predicted octanol–water partition coefficient (Wildman–Crippen LogP) is 1.99.